The molecule has 1 rings (SSSR count). The fourth-order valence-corrected chi connectivity index (χ4v) is 1.08. The van der Waals surface area contributed by atoms with Gasteiger partial charge < -0.3 is 4.74 Å². The topological polar surface area (TPSA) is 52.4 Å². The molecule has 16 heavy (non-hydrogen) atoms. The molecule has 0 aliphatic carbocycles. The summed E-state index contributed by atoms with van der Waals surface area (Å²) in [5, 5.41) is 10.1. The van der Waals surface area contributed by atoms with Gasteiger partial charge in [0.25, 0.3) is 0 Å². The van der Waals surface area contributed by atoms with Crippen LogP contribution >= 0.6 is 0 Å². The predicted octanol–water partition coefficient (Wildman–Crippen LogP) is 2.97. The van der Waals surface area contributed by atoms with E-state index in [0.29, 0.717) is 12.5 Å². The van der Waals surface area contributed by atoms with E-state index in [1.165, 1.54) is 6.08 Å². The monoisotopic (exact) mass is 221 g/mol. The van der Waals surface area contributed by atoms with Crippen LogP contribution in [0.5, 0.6) is 5.75 Å². The van der Waals surface area contributed by atoms with E-state index in [1.54, 1.807) is 12.1 Å². The molecule has 0 bridgehead atoms. The van der Waals surface area contributed by atoms with Crippen molar-refractivity contribution < 1.29 is 9.66 Å². The second-order valence-corrected chi connectivity index (χ2v) is 3.87. The Morgan fingerprint density at radius 1 is 1.38 bits per heavy atom. The van der Waals surface area contributed by atoms with Gasteiger partial charge in [0.1, 0.15) is 5.75 Å². The molecule has 0 saturated heterocycles. The van der Waals surface area contributed by atoms with Crippen molar-refractivity contribution in [2.75, 3.05) is 6.61 Å². The van der Waals surface area contributed by atoms with Crippen molar-refractivity contribution in [1.82, 2.24) is 0 Å². The van der Waals surface area contributed by atoms with E-state index in [0.717, 1.165) is 17.5 Å². The molecule has 0 aliphatic rings. The molecule has 0 aliphatic heterocycles. The molecule has 1 aromatic carbocycles. The van der Waals surface area contributed by atoms with Crippen LogP contribution in [0.1, 0.15) is 19.4 Å². The zero-order chi connectivity index (χ0) is 12.0. The lowest BCUT2D eigenvalue weighted by atomic mass is 10.2. The summed E-state index contributed by atoms with van der Waals surface area (Å²) in [6.07, 6.45) is 2.37. The van der Waals surface area contributed by atoms with Gasteiger partial charge in [-0.05, 0) is 23.6 Å². The van der Waals surface area contributed by atoms with Crippen LogP contribution < -0.4 is 4.74 Å². The Labute approximate surface area is 94.7 Å². The molecule has 0 saturated carbocycles. The standard InChI is InChI=1S/C12H15NO3/c1-10(2)9-16-12-5-3-11(4-6-12)7-8-13(14)15/h3-8,10H,9H2,1-2H3/b8-7+. The van der Waals surface area contributed by atoms with Gasteiger partial charge in [-0.1, -0.05) is 26.0 Å². The van der Waals surface area contributed by atoms with Gasteiger partial charge in [0.15, 0.2) is 0 Å². The summed E-state index contributed by atoms with van der Waals surface area (Å²) in [6.45, 7) is 4.83. The summed E-state index contributed by atoms with van der Waals surface area (Å²) < 4.78 is 5.49. The average Bonchev–Trinajstić information content (AvgIpc) is 2.25. The highest BCUT2D eigenvalue weighted by Crippen LogP contribution is 2.14. The molecule has 0 unspecified atom stereocenters. The van der Waals surface area contributed by atoms with Crippen molar-refractivity contribution in [2.24, 2.45) is 5.92 Å². The Hall–Kier alpha value is -1.84. The van der Waals surface area contributed by atoms with Gasteiger partial charge in [0, 0.05) is 6.08 Å². The Morgan fingerprint density at radius 3 is 2.50 bits per heavy atom. The lowest BCUT2D eigenvalue weighted by molar-refractivity contribution is -0.400. The Morgan fingerprint density at radius 2 is 2.00 bits per heavy atom. The average molecular weight is 221 g/mol. The van der Waals surface area contributed by atoms with Crippen molar-refractivity contribution in [1.29, 1.82) is 0 Å². The molecular formula is C12H15NO3. The van der Waals surface area contributed by atoms with Gasteiger partial charge in [0.05, 0.1) is 11.5 Å². The first-order chi connectivity index (χ1) is 7.58. The summed E-state index contributed by atoms with van der Waals surface area (Å²) in [7, 11) is 0. The SMILES string of the molecule is CC(C)COc1ccc(/C=C/[N+](=O)[O-])cc1. The summed E-state index contributed by atoms with van der Waals surface area (Å²) in [5.74, 6) is 1.26. The maximum atomic E-state index is 10.1. The summed E-state index contributed by atoms with van der Waals surface area (Å²) in [6, 6.07) is 7.19. The predicted molar refractivity (Wildman–Crippen MR) is 62.8 cm³/mol. The first kappa shape index (κ1) is 12.2. The van der Waals surface area contributed by atoms with Gasteiger partial charge in [0.2, 0.25) is 6.20 Å². The van der Waals surface area contributed by atoms with Gasteiger partial charge in [-0.3, -0.25) is 10.1 Å². The van der Waals surface area contributed by atoms with Crippen molar-refractivity contribution in [3.8, 4) is 5.75 Å². The minimum atomic E-state index is -0.483. The number of nitrogens with zero attached hydrogens (tertiary/aromatic N) is 1. The number of benzene rings is 1. The van der Waals surface area contributed by atoms with E-state index in [-0.39, 0.29) is 0 Å². The fourth-order valence-electron chi connectivity index (χ4n) is 1.08. The van der Waals surface area contributed by atoms with Crippen LogP contribution in [-0.2, 0) is 0 Å². The third-order valence-electron chi connectivity index (χ3n) is 1.85. The fraction of sp³-hybridized carbons (Fsp3) is 0.333. The van der Waals surface area contributed by atoms with Gasteiger partial charge in [-0.25, -0.2) is 0 Å². The molecule has 0 aromatic heterocycles. The summed E-state index contributed by atoms with van der Waals surface area (Å²) in [5.41, 5.74) is 0.786. The quantitative estimate of drug-likeness (QED) is 0.567. The number of rotatable bonds is 5. The summed E-state index contributed by atoms with van der Waals surface area (Å²) >= 11 is 0. The van der Waals surface area contributed by atoms with Crippen molar-refractivity contribution >= 4 is 6.08 Å². The molecule has 0 spiro atoms. The Kier molecular flexibility index (Phi) is 4.51. The molecule has 1 aromatic rings. The molecular weight excluding hydrogens is 206 g/mol. The molecule has 0 heterocycles. The zero-order valence-electron chi connectivity index (χ0n) is 9.42. The number of hydrogen-bond donors (Lipinski definition) is 0. The van der Waals surface area contributed by atoms with E-state index >= 15 is 0 Å². The van der Waals surface area contributed by atoms with Gasteiger partial charge >= 0.3 is 0 Å². The maximum absolute atomic E-state index is 10.1. The normalized spacial score (nSPS) is 10.9. The second kappa shape index (κ2) is 5.90. The Bertz CT molecular complexity index is 368. The molecule has 0 radical (unpaired) electrons. The van der Waals surface area contributed by atoms with Crippen LogP contribution in [-0.4, -0.2) is 11.5 Å². The minimum Gasteiger partial charge on any atom is -0.493 e. The third-order valence-corrected chi connectivity index (χ3v) is 1.85. The smallest absolute Gasteiger partial charge is 0.235 e. The lowest BCUT2D eigenvalue weighted by Gasteiger charge is -2.08. The molecule has 0 fully saturated rings. The van der Waals surface area contributed by atoms with E-state index in [4.69, 9.17) is 4.74 Å². The van der Waals surface area contributed by atoms with Gasteiger partial charge in [-0.2, -0.15) is 0 Å². The molecule has 86 valence electrons. The van der Waals surface area contributed by atoms with Crippen LogP contribution in [0.25, 0.3) is 6.08 Å². The highest BCUT2D eigenvalue weighted by atomic mass is 16.6. The van der Waals surface area contributed by atoms with Crippen LogP contribution in [0, 0.1) is 16.0 Å². The van der Waals surface area contributed by atoms with Crippen molar-refractivity contribution in [3.05, 3.63) is 46.1 Å². The van der Waals surface area contributed by atoms with Gasteiger partial charge in [-0.15, -0.1) is 0 Å². The van der Waals surface area contributed by atoms with E-state index in [2.05, 4.69) is 13.8 Å². The van der Waals surface area contributed by atoms with Crippen molar-refractivity contribution in [2.45, 2.75) is 13.8 Å². The molecule has 0 atom stereocenters. The lowest BCUT2D eigenvalue weighted by Crippen LogP contribution is -2.04. The molecule has 0 N–H and O–H groups in total. The third kappa shape index (κ3) is 4.59. The highest BCUT2D eigenvalue weighted by molar-refractivity contribution is 5.49. The maximum Gasteiger partial charge on any atom is 0.235 e. The molecule has 4 heteroatoms. The van der Waals surface area contributed by atoms with Crippen LogP contribution in [0.15, 0.2) is 30.5 Å². The Balaban J connectivity index is 2.57. The van der Waals surface area contributed by atoms with Crippen LogP contribution in [0.4, 0.5) is 0 Å². The summed E-state index contributed by atoms with van der Waals surface area (Å²) in [4.78, 5) is 9.63. The molecule has 0 amide bonds. The van der Waals surface area contributed by atoms with Crippen molar-refractivity contribution in [3.63, 3.8) is 0 Å². The first-order valence-corrected chi connectivity index (χ1v) is 5.12. The minimum absolute atomic E-state index is 0.481. The number of ether oxygens (including phenoxy) is 1. The highest BCUT2D eigenvalue weighted by Gasteiger charge is 1.97. The van der Waals surface area contributed by atoms with Crippen LogP contribution in [0.3, 0.4) is 0 Å². The number of nitro groups is 1. The zero-order valence-corrected chi connectivity index (χ0v) is 9.42. The molecule has 4 nitrogen and oxygen atoms in total. The van der Waals surface area contributed by atoms with Crippen LogP contribution in [0.2, 0.25) is 0 Å². The largest absolute Gasteiger partial charge is 0.493 e. The first-order valence-electron chi connectivity index (χ1n) is 5.12. The second-order valence-electron chi connectivity index (χ2n) is 3.87. The van der Waals surface area contributed by atoms with E-state index in [9.17, 15) is 10.1 Å². The number of hydrogen-bond acceptors (Lipinski definition) is 3. The van der Waals surface area contributed by atoms with E-state index < -0.39 is 4.92 Å². The van der Waals surface area contributed by atoms with E-state index in [1.807, 2.05) is 12.1 Å².